The number of ether oxygens (including phenoxy) is 1. The van der Waals surface area contributed by atoms with Crippen molar-refractivity contribution < 1.29 is 23.4 Å². The Morgan fingerprint density at radius 1 is 1.10 bits per heavy atom. The Bertz CT molecular complexity index is 681. The summed E-state index contributed by atoms with van der Waals surface area (Å²) in [5.41, 5.74) is 0.558. The highest BCUT2D eigenvalue weighted by molar-refractivity contribution is 5.85. The van der Waals surface area contributed by atoms with Crippen molar-refractivity contribution in [2.24, 2.45) is 0 Å². The zero-order chi connectivity index (χ0) is 15.2. The first-order valence-electron chi connectivity index (χ1n) is 6.13. The Balaban J connectivity index is 2.23. The van der Waals surface area contributed by atoms with Crippen LogP contribution in [0.15, 0.2) is 48.5 Å². The molecular weight excluding hydrogens is 278 g/mol. The summed E-state index contributed by atoms with van der Waals surface area (Å²) in [6.07, 6.45) is 2.10. The Morgan fingerprint density at radius 3 is 2.52 bits per heavy atom. The average Bonchev–Trinajstić information content (AvgIpc) is 2.45. The highest BCUT2D eigenvalue weighted by Gasteiger charge is 2.10. The van der Waals surface area contributed by atoms with Crippen LogP contribution in [0.2, 0.25) is 0 Å². The van der Waals surface area contributed by atoms with Crippen LogP contribution in [0.25, 0.3) is 6.08 Å². The Morgan fingerprint density at radius 2 is 1.81 bits per heavy atom. The zero-order valence-electron chi connectivity index (χ0n) is 10.9. The lowest BCUT2D eigenvalue weighted by Crippen LogP contribution is -2.01. The van der Waals surface area contributed by atoms with Crippen molar-refractivity contribution in [3.63, 3.8) is 0 Å². The van der Waals surface area contributed by atoms with Gasteiger partial charge in [0.1, 0.15) is 12.4 Å². The van der Waals surface area contributed by atoms with Gasteiger partial charge < -0.3 is 9.84 Å². The lowest BCUT2D eigenvalue weighted by Gasteiger charge is -2.10. The van der Waals surface area contributed by atoms with Crippen LogP contribution in [-0.4, -0.2) is 11.1 Å². The third-order valence-corrected chi connectivity index (χ3v) is 2.73. The van der Waals surface area contributed by atoms with Crippen LogP contribution in [0.4, 0.5) is 8.78 Å². The van der Waals surface area contributed by atoms with Gasteiger partial charge in [-0.05, 0) is 18.2 Å². The fraction of sp³-hybridized carbons (Fsp3) is 0.0625. The lowest BCUT2D eigenvalue weighted by molar-refractivity contribution is -0.131. The van der Waals surface area contributed by atoms with Gasteiger partial charge in [-0.3, -0.25) is 0 Å². The lowest BCUT2D eigenvalue weighted by atomic mass is 10.1. The number of hydrogen-bond acceptors (Lipinski definition) is 2. The molecule has 108 valence electrons. The zero-order valence-corrected chi connectivity index (χ0v) is 10.9. The SMILES string of the molecule is O=C(O)/C=C/c1cccc(F)c1OCc1ccccc1F. The predicted octanol–water partition coefficient (Wildman–Crippen LogP) is 3.64. The summed E-state index contributed by atoms with van der Waals surface area (Å²) in [7, 11) is 0. The molecule has 2 rings (SSSR count). The van der Waals surface area contributed by atoms with Crippen molar-refractivity contribution in [2.45, 2.75) is 6.61 Å². The summed E-state index contributed by atoms with van der Waals surface area (Å²) in [6.45, 7) is -0.151. The van der Waals surface area contributed by atoms with E-state index in [1.165, 1.54) is 36.4 Å². The molecule has 0 aliphatic heterocycles. The second kappa shape index (κ2) is 6.65. The van der Waals surface area contributed by atoms with Gasteiger partial charge in [0.15, 0.2) is 11.6 Å². The van der Waals surface area contributed by atoms with E-state index in [9.17, 15) is 13.6 Å². The van der Waals surface area contributed by atoms with Gasteiger partial charge in [-0.15, -0.1) is 0 Å². The second-order valence-corrected chi connectivity index (χ2v) is 4.21. The summed E-state index contributed by atoms with van der Waals surface area (Å²) in [5, 5.41) is 8.61. The van der Waals surface area contributed by atoms with Gasteiger partial charge in [0.25, 0.3) is 0 Å². The number of aliphatic carboxylic acids is 1. The average molecular weight is 290 g/mol. The van der Waals surface area contributed by atoms with Crippen LogP contribution >= 0.6 is 0 Å². The summed E-state index contributed by atoms with van der Waals surface area (Å²) in [4.78, 5) is 10.5. The highest BCUT2D eigenvalue weighted by Crippen LogP contribution is 2.25. The minimum Gasteiger partial charge on any atom is -0.485 e. The number of benzene rings is 2. The Kier molecular flexibility index (Phi) is 4.66. The van der Waals surface area contributed by atoms with Crippen molar-refractivity contribution in [3.05, 3.63) is 71.3 Å². The molecule has 2 aromatic carbocycles. The van der Waals surface area contributed by atoms with Gasteiger partial charge in [-0.25, -0.2) is 13.6 Å². The van der Waals surface area contributed by atoms with Crippen LogP contribution in [0.3, 0.4) is 0 Å². The normalized spacial score (nSPS) is 10.8. The molecule has 0 spiro atoms. The molecule has 21 heavy (non-hydrogen) atoms. The molecule has 0 unspecified atom stereocenters. The van der Waals surface area contributed by atoms with Crippen molar-refractivity contribution in [3.8, 4) is 5.75 Å². The van der Waals surface area contributed by atoms with Crippen LogP contribution < -0.4 is 4.74 Å². The van der Waals surface area contributed by atoms with Crippen molar-refractivity contribution >= 4 is 12.0 Å². The molecule has 0 saturated heterocycles. The van der Waals surface area contributed by atoms with E-state index >= 15 is 0 Å². The van der Waals surface area contributed by atoms with E-state index in [-0.39, 0.29) is 23.5 Å². The number of hydrogen-bond donors (Lipinski definition) is 1. The molecule has 5 heteroatoms. The van der Waals surface area contributed by atoms with E-state index in [0.29, 0.717) is 0 Å². The molecular formula is C16H12F2O3. The van der Waals surface area contributed by atoms with Crippen molar-refractivity contribution in [1.29, 1.82) is 0 Å². The number of rotatable bonds is 5. The smallest absolute Gasteiger partial charge is 0.328 e. The largest absolute Gasteiger partial charge is 0.485 e. The second-order valence-electron chi connectivity index (χ2n) is 4.21. The van der Waals surface area contributed by atoms with Crippen LogP contribution in [0, 0.1) is 11.6 Å². The quantitative estimate of drug-likeness (QED) is 0.855. The molecule has 0 aliphatic carbocycles. The molecule has 2 aromatic rings. The topological polar surface area (TPSA) is 46.5 Å². The number of para-hydroxylation sites is 1. The summed E-state index contributed by atoms with van der Waals surface area (Å²) in [6, 6.07) is 10.1. The van der Waals surface area contributed by atoms with E-state index in [1.54, 1.807) is 12.1 Å². The first-order chi connectivity index (χ1) is 10.1. The van der Waals surface area contributed by atoms with Crippen molar-refractivity contribution in [2.75, 3.05) is 0 Å². The van der Waals surface area contributed by atoms with Gasteiger partial charge in [0.05, 0.1) is 0 Å². The third-order valence-electron chi connectivity index (χ3n) is 2.73. The van der Waals surface area contributed by atoms with E-state index < -0.39 is 17.6 Å². The van der Waals surface area contributed by atoms with Crippen LogP contribution in [-0.2, 0) is 11.4 Å². The number of carboxylic acids is 1. The van der Waals surface area contributed by atoms with Gasteiger partial charge in [-0.2, -0.15) is 0 Å². The van der Waals surface area contributed by atoms with Gasteiger partial charge >= 0.3 is 5.97 Å². The fourth-order valence-corrected chi connectivity index (χ4v) is 1.74. The Hall–Kier alpha value is -2.69. The molecule has 0 radical (unpaired) electrons. The molecule has 0 atom stereocenters. The van der Waals surface area contributed by atoms with Gasteiger partial charge in [0, 0.05) is 17.2 Å². The minimum atomic E-state index is -1.15. The fourth-order valence-electron chi connectivity index (χ4n) is 1.74. The maximum absolute atomic E-state index is 13.8. The molecule has 0 fully saturated rings. The standard InChI is InChI=1S/C16H12F2O3/c17-13-6-2-1-4-12(13)10-21-16-11(8-9-15(19)20)5-3-7-14(16)18/h1-9H,10H2,(H,19,20)/b9-8+. The first-order valence-corrected chi connectivity index (χ1v) is 6.13. The molecule has 0 saturated carbocycles. The molecule has 0 bridgehead atoms. The summed E-state index contributed by atoms with van der Waals surface area (Å²) in [5.74, 6) is -2.35. The molecule has 0 heterocycles. The van der Waals surface area contributed by atoms with E-state index in [0.717, 1.165) is 6.08 Å². The minimum absolute atomic E-state index is 0.113. The van der Waals surface area contributed by atoms with Crippen LogP contribution in [0.1, 0.15) is 11.1 Å². The number of carboxylic acid groups (broad SMARTS) is 1. The summed E-state index contributed by atoms with van der Waals surface area (Å²) < 4.78 is 32.6. The van der Waals surface area contributed by atoms with Gasteiger partial charge in [-0.1, -0.05) is 30.3 Å². The molecule has 0 aromatic heterocycles. The van der Waals surface area contributed by atoms with E-state index in [2.05, 4.69) is 0 Å². The van der Waals surface area contributed by atoms with Crippen LogP contribution in [0.5, 0.6) is 5.75 Å². The maximum atomic E-state index is 13.8. The predicted molar refractivity (Wildman–Crippen MR) is 73.8 cm³/mol. The summed E-state index contributed by atoms with van der Waals surface area (Å²) >= 11 is 0. The van der Waals surface area contributed by atoms with Gasteiger partial charge in [0.2, 0.25) is 0 Å². The van der Waals surface area contributed by atoms with E-state index in [1.807, 2.05) is 0 Å². The molecule has 3 nitrogen and oxygen atoms in total. The highest BCUT2D eigenvalue weighted by atomic mass is 19.1. The molecule has 0 amide bonds. The molecule has 1 N–H and O–H groups in total. The number of carbonyl (C=O) groups is 1. The first kappa shape index (κ1) is 14.7. The third kappa shape index (κ3) is 3.89. The molecule has 0 aliphatic rings. The maximum Gasteiger partial charge on any atom is 0.328 e. The van der Waals surface area contributed by atoms with E-state index in [4.69, 9.17) is 9.84 Å². The Labute approximate surface area is 120 Å². The monoisotopic (exact) mass is 290 g/mol. The number of halogens is 2. The van der Waals surface area contributed by atoms with Crippen molar-refractivity contribution in [1.82, 2.24) is 0 Å².